The molecule has 1 unspecified atom stereocenters. The SMILES string of the molecule is CC1CCN(O)C(C)(C)C1(C)C.CCCCC(C(=O)O)C(=O)O. The van der Waals surface area contributed by atoms with Gasteiger partial charge >= 0.3 is 11.9 Å². The van der Waals surface area contributed by atoms with Gasteiger partial charge < -0.3 is 15.4 Å². The summed E-state index contributed by atoms with van der Waals surface area (Å²) in [6.07, 6.45) is 2.77. The monoisotopic (exact) mass is 331 g/mol. The van der Waals surface area contributed by atoms with Crippen molar-refractivity contribution in [3.05, 3.63) is 0 Å². The smallest absolute Gasteiger partial charge is 0.317 e. The topological polar surface area (TPSA) is 98.1 Å². The van der Waals surface area contributed by atoms with E-state index in [-0.39, 0.29) is 17.4 Å². The maximum atomic E-state index is 10.3. The van der Waals surface area contributed by atoms with Crippen molar-refractivity contribution in [3.8, 4) is 0 Å². The highest BCUT2D eigenvalue weighted by Crippen LogP contribution is 2.45. The molecule has 23 heavy (non-hydrogen) atoms. The van der Waals surface area contributed by atoms with Crippen molar-refractivity contribution in [2.24, 2.45) is 17.3 Å². The van der Waals surface area contributed by atoms with Crippen LogP contribution in [0.2, 0.25) is 0 Å². The average molecular weight is 331 g/mol. The predicted octanol–water partition coefficient (Wildman–Crippen LogP) is 3.48. The number of rotatable bonds is 5. The van der Waals surface area contributed by atoms with Gasteiger partial charge in [0, 0.05) is 12.1 Å². The summed E-state index contributed by atoms with van der Waals surface area (Å²) in [5, 5.41) is 28.0. The van der Waals surface area contributed by atoms with Gasteiger partial charge in [-0.2, -0.15) is 5.06 Å². The van der Waals surface area contributed by atoms with Crippen LogP contribution in [-0.2, 0) is 9.59 Å². The minimum atomic E-state index is -1.24. The molecule has 0 spiro atoms. The van der Waals surface area contributed by atoms with Crippen molar-refractivity contribution in [1.82, 2.24) is 5.06 Å². The van der Waals surface area contributed by atoms with Gasteiger partial charge in [0.2, 0.25) is 0 Å². The lowest BCUT2D eigenvalue weighted by atomic mass is 9.63. The van der Waals surface area contributed by atoms with Crippen molar-refractivity contribution in [2.75, 3.05) is 6.54 Å². The zero-order valence-electron chi connectivity index (χ0n) is 15.3. The van der Waals surface area contributed by atoms with Gasteiger partial charge in [-0.05, 0) is 38.0 Å². The molecule has 136 valence electrons. The van der Waals surface area contributed by atoms with E-state index in [1.54, 1.807) is 0 Å². The molecule has 0 aromatic carbocycles. The Hall–Kier alpha value is -1.14. The molecule has 0 aliphatic carbocycles. The molecule has 1 heterocycles. The second-order valence-corrected chi connectivity index (χ2v) is 7.46. The lowest BCUT2D eigenvalue weighted by Crippen LogP contribution is -2.59. The number of aliphatic carboxylic acids is 2. The molecule has 6 nitrogen and oxygen atoms in total. The molecule has 6 heteroatoms. The van der Waals surface area contributed by atoms with Crippen LogP contribution in [0.25, 0.3) is 0 Å². The normalized spacial score (nSPS) is 23.0. The van der Waals surface area contributed by atoms with E-state index in [2.05, 4.69) is 34.6 Å². The third kappa shape index (κ3) is 5.46. The second kappa shape index (κ2) is 8.64. The van der Waals surface area contributed by atoms with Gasteiger partial charge in [0.15, 0.2) is 5.92 Å². The van der Waals surface area contributed by atoms with E-state index in [1.165, 1.54) is 5.06 Å². The van der Waals surface area contributed by atoms with Crippen LogP contribution in [0.5, 0.6) is 0 Å². The van der Waals surface area contributed by atoms with Gasteiger partial charge in [-0.1, -0.05) is 40.5 Å². The largest absolute Gasteiger partial charge is 0.481 e. The second-order valence-electron chi connectivity index (χ2n) is 7.46. The van der Waals surface area contributed by atoms with Gasteiger partial charge in [0.05, 0.1) is 0 Å². The van der Waals surface area contributed by atoms with Gasteiger partial charge in [-0.3, -0.25) is 9.59 Å². The van der Waals surface area contributed by atoms with Crippen molar-refractivity contribution < 1.29 is 25.0 Å². The summed E-state index contributed by atoms with van der Waals surface area (Å²) in [5.41, 5.74) is 0.0741. The average Bonchev–Trinajstić information content (AvgIpc) is 2.42. The molecule has 0 aromatic rings. The number of carboxylic acid groups (broad SMARTS) is 2. The summed E-state index contributed by atoms with van der Waals surface area (Å²) in [7, 11) is 0. The number of piperidine rings is 1. The highest BCUT2D eigenvalue weighted by Gasteiger charge is 2.48. The summed E-state index contributed by atoms with van der Waals surface area (Å²) in [6, 6.07) is 0. The van der Waals surface area contributed by atoms with Gasteiger partial charge in [0.1, 0.15) is 0 Å². The first kappa shape index (κ1) is 21.9. The molecule has 1 aliphatic heterocycles. The Morgan fingerprint density at radius 3 is 2.00 bits per heavy atom. The molecule has 0 saturated carbocycles. The Labute approximate surface area is 139 Å². The van der Waals surface area contributed by atoms with Crippen LogP contribution in [0.15, 0.2) is 0 Å². The fourth-order valence-corrected chi connectivity index (χ4v) is 2.65. The Balaban J connectivity index is 0.000000423. The number of carboxylic acids is 2. The standard InChI is InChI=1S/C10H21NO.C7H12O4/c1-8-6-7-11(12)10(4,5)9(8,2)3;1-2-3-4-5(6(8)9)7(10)11/h8,12H,6-7H2,1-5H3;5H,2-4H2,1H3,(H,8,9)(H,10,11). The number of hydrogen-bond donors (Lipinski definition) is 3. The van der Waals surface area contributed by atoms with E-state index in [1.807, 2.05) is 6.92 Å². The minimum absolute atomic E-state index is 0.106. The number of hydroxylamine groups is 2. The van der Waals surface area contributed by atoms with Crippen molar-refractivity contribution in [1.29, 1.82) is 0 Å². The summed E-state index contributed by atoms with van der Waals surface area (Å²) < 4.78 is 0. The van der Waals surface area contributed by atoms with E-state index in [0.29, 0.717) is 12.3 Å². The molecular weight excluding hydrogens is 298 g/mol. The Morgan fingerprint density at radius 2 is 1.65 bits per heavy atom. The molecule has 1 fully saturated rings. The van der Waals surface area contributed by atoms with Crippen LogP contribution < -0.4 is 0 Å². The third-order valence-electron chi connectivity index (χ3n) is 5.67. The zero-order chi connectivity index (χ0) is 18.4. The minimum Gasteiger partial charge on any atom is -0.481 e. The van der Waals surface area contributed by atoms with Gasteiger partial charge in [-0.15, -0.1) is 0 Å². The summed E-state index contributed by atoms with van der Waals surface area (Å²) >= 11 is 0. The lowest BCUT2D eigenvalue weighted by molar-refractivity contribution is -0.231. The molecule has 1 saturated heterocycles. The van der Waals surface area contributed by atoms with Crippen LogP contribution in [0, 0.1) is 17.3 Å². The maximum Gasteiger partial charge on any atom is 0.317 e. The van der Waals surface area contributed by atoms with Crippen molar-refractivity contribution >= 4 is 11.9 Å². The highest BCUT2D eigenvalue weighted by molar-refractivity contribution is 5.92. The van der Waals surface area contributed by atoms with Crippen LogP contribution in [0.1, 0.15) is 67.2 Å². The van der Waals surface area contributed by atoms with E-state index in [9.17, 15) is 14.8 Å². The first-order valence-corrected chi connectivity index (χ1v) is 8.31. The van der Waals surface area contributed by atoms with E-state index < -0.39 is 17.9 Å². The van der Waals surface area contributed by atoms with E-state index in [4.69, 9.17) is 10.2 Å². The molecule has 0 bridgehead atoms. The molecule has 3 N–H and O–H groups in total. The van der Waals surface area contributed by atoms with Crippen LogP contribution >= 0.6 is 0 Å². The number of hydrogen-bond acceptors (Lipinski definition) is 4. The lowest BCUT2D eigenvalue weighted by Gasteiger charge is -2.53. The summed E-state index contributed by atoms with van der Waals surface area (Å²) in [5.74, 6) is -3.04. The molecular formula is C17H33NO5. The van der Waals surface area contributed by atoms with Crippen molar-refractivity contribution in [2.45, 2.75) is 72.8 Å². The first-order chi connectivity index (χ1) is 10.4. The highest BCUT2D eigenvalue weighted by atomic mass is 16.5. The summed E-state index contributed by atoms with van der Waals surface area (Å²) in [6.45, 7) is 13.7. The maximum absolute atomic E-state index is 10.3. The van der Waals surface area contributed by atoms with E-state index >= 15 is 0 Å². The fourth-order valence-electron chi connectivity index (χ4n) is 2.65. The van der Waals surface area contributed by atoms with Crippen LogP contribution in [0.4, 0.5) is 0 Å². The predicted molar refractivity (Wildman–Crippen MR) is 88.4 cm³/mol. The van der Waals surface area contributed by atoms with Gasteiger partial charge in [0.25, 0.3) is 0 Å². The molecule has 1 rings (SSSR count). The van der Waals surface area contributed by atoms with Crippen LogP contribution in [-0.4, -0.2) is 44.5 Å². The Kier molecular flexibility index (Phi) is 8.21. The fraction of sp³-hybridized carbons (Fsp3) is 0.882. The molecule has 0 radical (unpaired) electrons. The Bertz CT molecular complexity index is 372. The quantitative estimate of drug-likeness (QED) is 0.667. The Morgan fingerprint density at radius 1 is 1.17 bits per heavy atom. The number of unbranched alkanes of at least 4 members (excludes halogenated alkanes) is 1. The van der Waals surface area contributed by atoms with Gasteiger partial charge in [-0.25, -0.2) is 0 Å². The first-order valence-electron chi connectivity index (χ1n) is 8.31. The van der Waals surface area contributed by atoms with Crippen LogP contribution in [0.3, 0.4) is 0 Å². The molecule has 0 aromatic heterocycles. The molecule has 0 amide bonds. The number of nitrogens with zero attached hydrogens (tertiary/aromatic N) is 1. The number of carbonyl (C=O) groups is 2. The van der Waals surface area contributed by atoms with E-state index in [0.717, 1.165) is 19.4 Å². The molecule has 1 atom stereocenters. The summed E-state index contributed by atoms with van der Waals surface area (Å²) in [4.78, 5) is 20.5. The third-order valence-corrected chi connectivity index (χ3v) is 5.67. The van der Waals surface area contributed by atoms with Crippen molar-refractivity contribution in [3.63, 3.8) is 0 Å². The zero-order valence-corrected chi connectivity index (χ0v) is 15.3. The molecule has 1 aliphatic rings.